The van der Waals surface area contributed by atoms with Crippen molar-refractivity contribution in [3.05, 3.63) is 29.1 Å². The smallest absolute Gasteiger partial charge is 0.379 e. The van der Waals surface area contributed by atoms with Crippen molar-refractivity contribution < 1.29 is 27.4 Å². The third kappa shape index (κ3) is 3.75. The number of fused-ring (bicyclic) bond motifs is 3. The Hall–Kier alpha value is -1.71. The summed E-state index contributed by atoms with van der Waals surface area (Å²) in [5.41, 5.74) is 0.0986. The Labute approximate surface area is 197 Å². The maximum absolute atomic E-state index is 14.0. The molecule has 2 saturated heterocycles. The van der Waals surface area contributed by atoms with Crippen LogP contribution in [-0.2, 0) is 33.4 Å². The molecule has 5 aliphatic rings. The quantitative estimate of drug-likeness (QED) is 0.651. The van der Waals surface area contributed by atoms with Crippen LogP contribution in [0.4, 0.5) is 13.2 Å². The molecular weight excluding hydrogens is 447 g/mol. The average Bonchev–Trinajstić information content (AvgIpc) is 3.40. The van der Waals surface area contributed by atoms with E-state index in [1.165, 1.54) is 6.07 Å². The van der Waals surface area contributed by atoms with Gasteiger partial charge >= 0.3 is 6.18 Å². The Balaban J connectivity index is 1.21. The molecular formula is C25H32F3N3O3. The minimum Gasteiger partial charge on any atom is -0.379 e. The largest absolute Gasteiger partial charge is 0.417 e. The fourth-order valence-electron chi connectivity index (χ4n) is 7.45. The number of rotatable bonds is 2. The summed E-state index contributed by atoms with van der Waals surface area (Å²) in [7, 11) is 0. The van der Waals surface area contributed by atoms with Crippen LogP contribution in [-0.4, -0.2) is 71.8 Å². The summed E-state index contributed by atoms with van der Waals surface area (Å²) >= 11 is 0. The van der Waals surface area contributed by atoms with E-state index < -0.39 is 11.7 Å². The monoisotopic (exact) mass is 479 g/mol. The van der Waals surface area contributed by atoms with Gasteiger partial charge in [0.05, 0.1) is 30.3 Å². The van der Waals surface area contributed by atoms with Crippen LogP contribution in [0, 0.1) is 11.3 Å². The minimum absolute atomic E-state index is 0.114. The van der Waals surface area contributed by atoms with E-state index in [-0.39, 0.29) is 24.0 Å². The van der Waals surface area contributed by atoms with Crippen LogP contribution in [0.3, 0.4) is 0 Å². The van der Waals surface area contributed by atoms with E-state index in [2.05, 4.69) is 9.88 Å². The first-order valence-electron chi connectivity index (χ1n) is 12.6. The number of ether oxygens (including phenoxy) is 2. The summed E-state index contributed by atoms with van der Waals surface area (Å²) in [6.07, 6.45) is 2.95. The van der Waals surface area contributed by atoms with E-state index in [0.717, 1.165) is 57.9 Å². The van der Waals surface area contributed by atoms with Gasteiger partial charge < -0.3 is 14.4 Å². The molecule has 0 aromatic carbocycles. The molecule has 0 spiro atoms. The number of nitrogens with zero attached hydrogens (tertiary/aromatic N) is 3. The molecule has 34 heavy (non-hydrogen) atoms. The first-order chi connectivity index (χ1) is 16.3. The Morgan fingerprint density at radius 1 is 1.21 bits per heavy atom. The minimum atomic E-state index is -4.43. The Morgan fingerprint density at radius 2 is 2.09 bits per heavy atom. The van der Waals surface area contributed by atoms with Gasteiger partial charge in [0.25, 0.3) is 0 Å². The van der Waals surface area contributed by atoms with Gasteiger partial charge in [0.2, 0.25) is 5.91 Å². The van der Waals surface area contributed by atoms with Gasteiger partial charge in [0, 0.05) is 56.6 Å². The van der Waals surface area contributed by atoms with Crippen LogP contribution in [0.1, 0.15) is 55.3 Å². The van der Waals surface area contributed by atoms with E-state index in [4.69, 9.17) is 9.47 Å². The molecule has 3 aliphatic heterocycles. The lowest BCUT2D eigenvalue weighted by Gasteiger charge is -2.46. The van der Waals surface area contributed by atoms with E-state index in [1.807, 2.05) is 4.90 Å². The molecule has 0 radical (unpaired) electrons. The van der Waals surface area contributed by atoms with Crippen molar-refractivity contribution in [1.82, 2.24) is 14.8 Å². The number of hydrogen-bond acceptors (Lipinski definition) is 5. The lowest BCUT2D eigenvalue weighted by Crippen LogP contribution is -2.58. The molecule has 4 heterocycles. The standard InChI is InChI=1S/C25H32F3N3O3/c26-25(27,28)18-10-16-14-30(6-3-20(16)29-13-18)23(32)24-5-1-2-17(24)11-19(12-24)31-7-9-34-22-15-33-8-4-21(22)31/h10,13,17,19,21-22H,1-9,11-12,14-15H2/t17-,19-,21?,22?,24-/m1/s1. The summed E-state index contributed by atoms with van der Waals surface area (Å²) in [5, 5.41) is 0. The molecule has 0 N–H and O–H groups in total. The average molecular weight is 480 g/mol. The van der Waals surface area contributed by atoms with Crippen molar-refractivity contribution in [2.75, 3.05) is 32.9 Å². The van der Waals surface area contributed by atoms with Crippen LogP contribution < -0.4 is 0 Å². The first-order valence-corrected chi connectivity index (χ1v) is 12.6. The number of aromatic nitrogens is 1. The normalized spacial score (nSPS) is 36.1. The Bertz CT molecular complexity index is 955. The highest BCUT2D eigenvalue weighted by molar-refractivity contribution is 5.84. The van der Waals surface area contributed by atoms with Crippen molar-refractivity contribution in [1.29, 1.82) is 0 Å². The lowest BCUT2D eigenvalue weighted by molar-refractivity contribution is -0.149. The molecule has 6 rings (SSSR count). The first kappa shape index (κ1) is 22.7. The van der Waals surface area contributed by atoms with Crippen LogP contribution in [0.5, 0.6) is 0 Å². The second-order valence-corrected chi connectivity index (χ2v) is 10.7. The summed E-state index contributed by atoms with van der Waals surface area (Å²) < 4.78 is 51.3. The van der Waals surface area contributed by atoms with Gasteiger partial charge in [-0.2, -0.15) is 13.2 Å². The highest BCUT2D eigenvalue weighted by Gasteiger charge is 2.58. The van der Waals surface area contributed by atoms with Gasteiger partial charge in [-0.05, 0) is 49.7 Å². The maximum Gasteiger partial charge on any atom is 0.417 e. The molecule has 5 atom stereocenters. The molecule has 1 amide bonds. The summed E-state index contributed by atoms with van der Waals surface area (Å²) in [6.45, 7) is 3.74. The molecule has 186 valence electrons. The molecule has 1 aromatic heterocycles. The highest BCUT2D eigenvalue weighted by atomic mass is 19.4. The maximum atomic E-state index is 14.0. The highest BCUT2D eigenvalue weighted by Crippen LogP contribution is 2.57. The summed E-state index contributed by atoms with van der Waals surface area (Å²) in [4.78, 5) is 22.5. The summed E-state index contributed by atoms with van der Waals surface area (Å²) in [6, 6.07) is 1.90. The fraction of sp³-hybridized carbons (Fsp3) is 0.760. The van der Waals surface area contributed by atoms with Gasteiger partial charge in [0.1, 0.15) is 0 Å². The van der Waals surface area contributed by atoms with Gasteiger partial charge in [-0.3, -0.25) is 14.7 Å². The molecule has 2 saturated carbocycles. The molecule has 2 unspecified atom stereocenters. The Kier molecular flexibility index (Phi) is 5.65. The number of hydrogen-bond donors (Lipinski definition) is 0. The predicted octanol–water partition coefficient (Wildman–Crippen LogP) is 3.42. The zero-order valence-corrected chi connectivity index (χ0v) is 19.4. The fourth-order valence-corrected chi connectivity index (χ4v) is 7.45. The van der Waals surface area contributed by atoms with Gasteiger partial charge in [-0.15, -0.1) is 0 Å². The van der Waals surface area contributed by atoms with Gasteiger partial charge in [-0.25, -0.2) is 0 Å². The van der Waals surface area contributed by atoms with Crippen molar-refractivity contribution in [2.24, 2.45) is 11.3 Å². The van der Waals surface area contributed by atoms with Crippen LogP contribution in [0.2, 0.25) is 0 Å². The van der Waals surface area contributed by atoms with E-state index in [1.54, 1.807) is 0 Å². The lowest BCUT2D eigenvalue weighted by atomic mass is 9.78. The molecule has 6 nitrogen and oxygen atoms in total. The van der Waals surface area contributed by atoms with Crippen LogP contribution in [0.25, 0.3) is 0 Å². The van der Waals surface area contributed by atoms with Gasteiger partial charge in [-0.1, -0.05) is 6.42 Å². The van der Waals surface area contributed by atoms with E-state index in [0.29, 0.717) is 55.4 Å². The number of morpholine rings is 1. The van der Waals surface area contributed by atoms with Crippen molar-refractivity contribution in [3.8, 4) is 0 Å². The topological polar surface area (TPSA) is 54.9 Å². The number of pyridine rings is 1. The zero-order chi connectivity index (χ0) is 23.5. The Morgan fingerprint density at radius 3 is 2.94 bits per heavy atom. The number of amides is 1. The number of carbonyl (C=O) groups excluding carboxylic acids is 1. The number of carbonyl (C=O) groups is 1. The third-order valence-electron chi connectivity index (χ3n) is 9.04. The van der Waals surface area contributed by atoms with Crippen molar-refractivity contribution in [2.45, 2.75) is 75.9 Å². The molecule has 1 aromatic rings. The molecule has 9 heteroatoms. The molecule has 4 fully saturated rings. The van der Waals surface area contributed by atoms with Crippen molar-refractivity contribution >= 4 is 5.91 Å². The van der Waals surface area contributed by atoms with Crippen LogP contribution in [0.15, 0.2) is 12.3 Å². The van der Waals surface area contributed by atoms with Gasteiger partial charge in [0.15, 0.2) is 0 Å². The molecule has 2 aliphatic carbocycles. The summed E-state index contributed by atoms with van der Waals surface area (Å²) in [5.74, 6) is 0.504. The number of halogens is 3. The predicted molar refractivity (Wildman–Crippen MR) is 117 cm³/mol. The second kappa shape index (κ2) is 8.45. The van der Waals surface area contributed by atoms with Crippen molar-refractivity contribution in [3.63, 3.8) is 0 Å². The number of alkyl halides is 3. The second-order valence-electron chi connectivity index (χ2n) is 10.7. The zero-order valence-electron chi connectivity index (χ0n) is 19.4. The third-order valence-corrected chi connectivity index (χ3v) is 9.04. The SMILES string of the molecule is O=C(N1CCc2ncc(C(F)(F)F)cc2C1)[C@@]12CCC[C@@H]1C[C@@H](N1CCOC3COCCC31)C2. The van der Waals surface area contributed by atoms with E-state index >= 15 is 0 Å². The van der Waals surface area contributed by atoms with E-state index in [9.17, 15) is 18.0 Å². The molecule has 0 bridgehead atoms. The van der Waals surface area contributed by atoms with Crippen LogP contribution >= 0.6 is 0 Å².